The van der Waals surface area contributed by atoms with Crippen molar-refractivity contribution in [3.63, 3.8) is 0 Å². The van der Waals surface area contributed by atoms with Crippen LogP contribution in [0.15, 0.2) is 0 Å². The molecule has 0 aromatic carbocycles. The molecule has 1 rings (SSSR count). The lowest BCUT2D eigenvalue weighted by Crippen LogP contribution is -2.48. The first-order valence-electron chi connectivity index (χ1n) is 4.65. The van der Waals surface area contributed by atoms with E-state index in [-0.39, 0.29) is 6.61 Å². The molecule has 0 saturated heterocycles. The molecule has 6 nitrogen and oxygen atoms in total. The van der Waals surface area contributed by atoms with Crippen LogP contribution >= 0.6 is 0 Å². The van der Waals surface area contributed by atoms with Crippen molar-refractivity contribution >= 4 is 5.97 Å². The summed E-state index contributed by atoms with van der Waals surface area (Å²) in [6.45, 7) is 2.35. The number of esters is 1. The van der Waals surface area contributed by atoms with Gasteiger partial charge in [0.2, 0.25) is 0 Å². The van der Waals surface area contributed by atoms with Crippen molar-refractivity contribution in [3.05, 3.63) is 11.6 Å². The molecule has 1 unspecified atom stereocenters. The highest BCUT2D eigenvalue weighted by Gasteiger charge is 2.52. The number of aromatic amines is 1. The second kappa shape index (κ2) is 4.32. The molecular formula is C8H11F3N4O2. The molecule has 0 fully saturated rings. The Morgan fingerprint density at radius 1 is 1.53 bits per heavy atom. The smallest absolute Gasteiger partial charge is 0.413 e. The van der Waals surface area contributed by atoms with Gasteiger partial charge in [-0.1, -0.05) is 0 Å². The molecule has 1 aromatic heterocycles. The lowest BCUT2D eigenvalue weighted by atomic mass is 10.0. The van der Waals surface area contributed by atoms with Gasteiger partial charge in [0.15, 0.2) is 11.4 Å². The summed E-state index contributed by atoms with van der Waals surface area (Å²) >= 11 is 0. The highest BCUT2D eigenvalue weighted by Crippen LogP contribution is 2.34. The van der Waals surface area contributed by atoms with Gasteiger partial charge in [-0.25, -0.2) is 9.78 Å². The molecule has 17 heavy (non-hydrogen) atoms. The zero-order valence-electron chi connectivity index (χ0n) is 9.13. The molecule has 96 valence electrons. The molecule has 0 radical (unpaired) electrons. The van der Waals surface area contributed by atoms with Crippen LogP contribution in [0.3, 0.4) is 0 Å². The minimum atomic E-state index is -4.71. The van der Waals surface area contributed by atoms with E-state index in [1.54, 1.807) is 6.92 Å². The quantitative estimate of drug-likeness (QED) is 0.773. The van der Waals surface area contributed by atoms with Crippen molar-refractivity contribution in [1.29, 1.82) is 0 Å². The maximum atomic E-state index is 12.5. The van der Waals surface area contributed by atoms with Crippen molar-refractivity contribution < 1.29 is 22.7 Å². The van der Waals surface area contributed by atoms with Crippen LogP contribution < -0.4 is 5.73 Å². The first kappa shape index (κ1) is 13.4. The first-order valence-corrected chi connectivity index (χ1v) is 4.65. The molecule has 0 amide bonds. The Hall–Kier alpha value is -1.64. The van der Waals surface area contributed by atoms with E-state index >= 15 is 0 Å². The van der Waals surface area contributed by atoms with Crippen LogP contribution in [-0.4, -0.2) is 33.9 Å². The Morgan fingerprint density at radius 2 is 2.12 bits per heavy atom. The monoisotopic (exact) mass is 252 g/mol. The van der Waals surface area contributed by atoms with Crippen molar-refractivity contribution in [2.45, 2.75) is 25.6 Å². The van der Waals surface area contributed by atoms with Crippen LogP contribution in [-0.2, 0) is 10.3 Å². The van der Waals surface area contributed by atoms with E-state index < -0.39 is 29.3 Å². The van der Waals surface area contributed by atoms with Gasteiger partial charge in [-0.2, -0.15) is 13.2 Å². The summed E-state index contributed by atoms with van der Waals surface area (Å²) in [5.41, 5.74) is 2.39. The van der Waals surface area contributed by atoms with E-state index in [0.29, 0.717) is 0 Å². The molecule has 0 aliphatic heterocycles. The number of nitrogens with two attached hydrogens (primary N) is 1. The fraction of sp³-hybridized carbons (Fsp3) is 0.625. The summed E-state index contributed by atoms with van der Waals surface area (Å²) in [5, 5.41) is 5.31. The number of halogens is 3. The van der Waals surface area contributed by atoms with Gasteiger partial charge in [-0.05, 0) is 13.8 Å². The molecule has 0 spiro atoms. The van der Waals surface area contributed by atoms with E-state index in [1.807, 2.05) is 5.10 Å². The van der Waals surface area contributed by atoms with Gasteiger partial charge in [0.05, 0.1) is 6.61 Å². The number of alkyl halides is 3. The topological polar surface area (TPSA) is 93.9 Å². The molecule has 1 aromatic rings. The lowest BCUT2D eigenvalue weighted by molar-refractivity contribution is -0.186. The van der Waals surface area contributed by atoms with Crippen LogP contribution in [0.25, 0.3) is 0 Å². The zero-order chi connectivity index (χ0) is 13.3. The number of ether oxygens (including phenoxy) is 1. The number of H-pyrrole nitrogens is 1. The zero-order valence-corrected chi connectivity index (χ0v) is 9.13. The second-order valence-electron chi connectivity index (χ2n) is 3.43. The number of aromatic nitrogens is 3. The number of carbonyl (C=O) groups excluding carboxylic acids is 1. The number of carbonyl (C=O) groups is 1. The molecule has 0 saturated carbocycles. The van der Waals surface area contributed by atoms with Crippen LogP contribution in [0.5, 0.6) is 0 Å². The number of rotatable bonds is 3. The lowest BCUT2D eigenvalue weighted by Gasteiger charge is -2.24. The van der Waals surface area contributed by atoms with E-state index in [4.69, 9.17) is 5.73 Å². The maximum absolute atomic E-state index is 12.5. The Morgan fingerprint density at radius 3 is 2.59 bits per heavy atom. The molecular weight excluding hydrogens is 241 g/mol. The Labute approximate surface area is 94.3 Å². The molecule has 0 bridgehead atoms. The summed E-state index contributed by atoms with van der Waals surface area (Å²) in [5.74, 6) is -2.04. The summed E-state index contributed by atoms with van der Waals surface area (Å²) in [7, 11) is 0. The van der Waals surface area contributed by atoms with Crippen molar-refractivity contribution in [1.82, 2.24) is 15.2 Å². The number of hydrogen-bond donors (Lipinski definition) is 2. The van der Waals surface area contributed by atoms with Gasteiger partial charge in [0, 0.05) is 0 Å². The number of hydrogen-bond acceptors (Lipinski definition) is 5. The summed E-state index contributed by atoms with van der Waals surface area (Å²) in [6.07, 6.45) is -4.71. The third-order valence-corrected chi connectivity index (χ3v) is 2.02. The van der Waals surface area contributed by atoms with Gasteiger partial charge >= 0.3 is 12.1 Å². The number of nitrogens with one attached hydrogen (secondary N) is 1. The maximum Gasteiger partial charge on any atom is 0.413 e. The Balaban J connectivity index is 2.99. The van der Waals surface area contributed by atoms with Gasteiger partial charge < -0.3 is 10.5 Å². The third kappa shape index (κ3) is 2.54. The Kier molecular flexibility index (Phi) is 3.41. The van der Waals surface area contributed by atoms with Crippen LogP contribution in [0, 0.1) is 0 Å². The molecule has 0 aliphatic rings. The van der Waals surface area contributed by atoms with Gasteiger partial charge in [-0.15, -0.1) is 5.10 Å². The molecule has 9 heteroatoms. The van der Waals surface area contributed by atoms with Crippen molar-refractivity contribution in [2.24, 2.45) is 5.73 Å². The second-order valence-corrected chi connectivity index (χ2v) is 3.43. The van der Waals surface area contributed by atoms with E-state index in [9.17, 15) is 18.0 Å². The summed E-state index contributed by atoms with van der Waals surface area (Å²) in [4.78, 5) is 14.5. The van der Waals surface area contributed by atoms with Crippen LogP contribution in [0.4, 0.5) is 13.2 Å². The largest absolute Gasteiger partial charge is 0.460 e. The van der Waals surface area contributed by atoms with Crippen LogP contribution in [0.1, 0.15) is 30.3 Å². The summed E-state index contributed by atoms with van der Waals surface area (Å²) < 4.78 is 42.2. The average molecular weight is 252 g/mol. The van der Waals surface area contributed by atoms with Gasteiger partial charge in [-0.3, -0.25) is 5.10 Å². The molecule has 1 heterocycles. The summed E-state index contributed by atoms with van der Waals surface area (Å²) in [6, 6.07) is 0. The minimum Gasteiger partial charge on any atom is -0.460 e. The van der Waals surface area contributed by atoms with E-state index in [2.05, 4.69) is 14.8 Å². The standard InChI is InChI=1S/C8H11F3N4O2/c1-3-17-5(16)4-13-6(15-14-4)7(2,12)8(9,10)11/h3,12H2,1-2H3,(H,13,14,15). The normalized spacial score (nSPS) is 15.4. The SMILES string of the molecule is CCOC(=O)c1n[nH]c(C(C)(N)C(F)(F)F)n1. The molecule has 3 N–H and O–H groups in total. The van der Waals surface area contributed by atoms with Gasteiger partial charge in [0.25, 0.3) is 5.82 Å². The molecule has 1 atom stereocenters. The predicted octanol–water partition coefficient (Wildman–Crippen LogP) is 0.718. The predicted molar refractivity (Wildman–Crippen MR) is 49.9 cm³/mol. The fourth-order valence-electron chi connectivity index (χ4n) is 0.915. The Bertz CT molecular complexity index is 413. The van der Waals surface area contributed by atoms with Crippen LogP contribution in [0.2, 0.25) is 0 Å². The third-order valence-electron chi connectivity index (χ3n) is 2.02. The van der Waals surface area contributed by atoms with Crippen molar-refractivity contribution in [3.8, 4) is 0 Å². The van der Waals surface area contributed by atoms with Crippen molar-refractivity contribution in [2.75, 3.05) is 6.61 Å². The molecule has 0 aliphatic carbocycles. The fourth-order valence-corrected chi connectivity index (χ4v) is 0.915. The minimum absolute atomic E-state index is 0.0713. The van der Waals surface area contributed by atoms with E-state index in [0.717, 1.165) is 6.92 Å². The average Bonchev–Trinajstić information content (AvgIpc) is 2.65. The highest BCUT2D eigenvalue weighted by atomic mass is 19.4. The van der Waals surface area contributed by atoms with Gasteiger partial charge in [0.1, 0.15) is 0 Å². The van der Waals surface area contributed by atoms with E-state index in [1.165, 1.54) is 0 Å². The highest BCUT2D eigenvalue weighted by molar-refractivity contribution is 5.84. The first-order chi connectivity index (χ1) is 7.70. The number of nitrogens with zero attached hydrogens (tertiary/aromatic N) is 2.